The molecule has 144 valence electrons. The first-order chi connectivity index (χ1) is 13.1. The highest BCUT2D eigenvalue weighted by molar-refractivity contribution is 5.95. The lowest BCUT2D eigenvalue weighted by atomic mass is 10.2. The molecule has 0 bridgehead atoms. The van der Waals surface area contributed by atoms with Gasteiger partial charge in [-0.25, -0.2) is 5.43 Å². The van der Waals surface area contributed by atoms with Crippen molar-refractivity contribution in [3.63, 3.8) is 0 Å². The molecule has 0 saturated heterocycles. The van der Waals surface area contributed by atoms with Gasteiger partial charge in [-0.1, -0.05) is 38.3 Å². The largest absolute Gasteiger partial charge is 0.493 e. The molecule has 0 aliphatic rings. The minimum absolute atomic E-state index is 0.241. The molecule has 0 unspecified atom stereocenters. The van der Waals surface area contributed by atoms with Gasteiger partial charge in [-0.15, -0.1) is 0 Å². The number of ether oxygens (including phenoxy) is 1. The highest BCUT2D eigenvalue weighted by Crippen LogP contribution is 2.16. The number of nitrogens with one attached hydrogen (secondary N) is 1. The van der Waals surface area contributed by atoms with Gasteiger partial charge in [-0.3, -0.25) is 4.79 Å². The molecule has 1 N–H and O–H groups in total. The average molecular weight is 367 g/mol. The van der Waals surface area contributed by atoms with Gasteiger partial charge in [0.1, 0.15) is 5.75 Å². The van der Waals surface area contributed by atoms with Gasteiger partial charge in [0, 0.05) is 30.9 Å². The van der Waals surface area contributed by atoms with E-state index in [1.165, 1.54) is 19.3 Å². The second-order valence-corrected chi connectivity index (χ2v) is 6.59. The second-order valence-electron chi connectivity index (χ2n) is 6.59. The first kappa shape index (κ1) is 20.5. The van der Waals surface area contributed by atoms with Crippen LogP contribution in [-0.2, 0) is 0 Å². The molecule has 0 aliphatic heterocycles. The van der Waals surface area contributed by atoms with Crippen molar-refractivity contribution in [2.45, 2.75) is 32.6 Å². The fraction of sp³-hybridized carbons (Fsp3) is 0.364. The molecule has 0 aliphatic carbocycles. The van der Waals surface area contributed by atoms with Crippen LogP contribution in [0, 0.1) is 0 Å². The molecule has 1 amide bonds. The zero-order valence-electron chi connectivity index (χ0n) is 16.4. The molecule has 0 fully saturated rings. The van der Waals surface area contributed by atoms with Gasteiger partial charge in [-0.2, -0.15) is 5.10 Å². The predicted molar refractivity (Wildman–Crippen MR) is 112 cm³/mol. The lowest BCUT2D eigenvalue weighted by Crippen LogP contribution is -2.18. The van der Waals surface area contributed by atoms with Crippen molar-refractivity contribution in [3.8, 4) is 5.75 Å². The van der Waals surface area contributed by atoms with E-state index in [0.29, 0.717) is 12.2 Å². The van der Waals surface area contributed by atoms with E-state index in [-0.39, 0.29) is 5.91 Å². The predicted octanol–water partition coefficient (Wildman–Crippen LogP) is 4.48. The van der Waals surface area contributed by atoms with Crippen LogP contribution in [0.4, 0.5) is 5.69 Å². The fourth-order valence-corrected chi connectivity index (χ4v) is 2.57. The maximum absolute atomic E-state index is 12.2. The lowest BCUT2D eigenvalue weighted by molar-refractivity contribution is 0.0955. The van der Waals surface area contributed by atoms with Crippen LogP contribution in [0.3, 0.4) is 0 Å². The van der Waals surface area contributed by atoms with E-state index >= 15 is 0 Å². The Kier molecular flexibility index (Phi) is 8.36. The third kappa shape index (κ3) is 6.77. The second kappa shape index (κ2) is 11.0. The number of carbonyl (C=O) groups excluding carboxylic acids is 1. The van der Waals surface area contributed by atoms with Crippen molar-refractivity contribution in [2.75, 3.05) is 25.6 Å². The average Bonchev–Trinajstić information content (AvgIpc) is 2.69. The Bertz CT molecular complexity index is 739. The van der Waals surface area contributed by atoms with Crippen LogP contribution in [0.1, 0.15) is 48.5 Å². The lowest BCUT2D eigenvalue weighted by Gasteiger charge is -2.12. The molecule has 0 saturated carbocycles. The number of hydrazone groups is 1. The molecule has 2 aromatic rings. The smallest absolute Gasteiger partial charge is 0.271 e. The van der Waals surface area contributed by atoms with Crippen LogP contribution in [0.25, 0.3) is 0 Å². The molecule has 5 nitrogen and oxygen atoms in total. The summed E-state index contributed by atoms with van der Waals surface area (Å²) in [6.45, 7) is 2.88. The van der Waals surface area contributed by atoms with Crippen molar-refractivity contribution in [1.29, 1.82) is 0 Å². The number of para-hydroxylation sites is 1. The van der Waals surface area contributed by atoms with Crippen LogP contribution in [0.2, 0.25) is 0 Å². The Morgan fingerprint density at radius 3 is 2.52 bits per heavy atom. The Morgan fingerprint density at radius 1 is 1.07 bits per heavy atom. The number of unbranched alkanes of at least 4 members (excludes halogenated alkanes) is 3. The molecule has 0 aromatic heterocycles. The maximum atomic E-state index is 12.2. The van der Waals surface area contributed by atoms with Crippen molar-refractivity contribution in [3.05, 3.63) is 59.7 Å². The van der Waals surface area contributed by atoms with Crippen molar-refractivity contribution in [2.24, 2.45) is 5.10 Å². The van der Waals surface area contributed by atoms with Crippen molar-refractivity contribution >= 4 is 17.8 Å². The van der Waals surface area contributed by atoms with E-state index in [4.69, 9.17) is 4.74 Å². The van der Waals surface area contributed by atoms with Crippen LogP contribution < -0.4 is 15.1 Å². The molecule has 2 rings (SSSR count). The molecule has 0 radical (unpaired) electrons. The van der Waals surface area contributed by atoms with E-state index < -0.39 is 0 Å². The van der Waals surface area contributed by atoms with Gasteiger partial charge in [-0.05, 0) is 42.8 Å². The van der Waals surface area contributed by atoms with Gasteiger partial charge in [0.05, 0.1) is 12.8 Å². The van der Waals surface area contributed by atoms with E-state index in [1.54, 1.807) is 18.3 Å². The summed E-state index contributed by atoms with van der Waals surface area (Å²) in [4.78, 5) is 14.2. The number of hydrogen-bond acceptors (Lipinski definition) is 4. The zero-order chi connectivity index (χ0) is 19.5. The molecule has 5 heteroatoms. The number of rotatable bonds is 10. The fourth-order valence-electron chi connectivity index (χ4n) is 2.57. The zero-order valence-corrected chi connectivity index (χ0v) is 16.4. The van der Waals surface area contributed by atoms with E-state index in [1.807, 2.05) is 55.4 Å². The van der Waals surface area contributed by atoms with E-state index in [9.17, 15) is 4.79 Å². The molecule has 0 spiro atoms. The summed E-state index contributed by atoms with van der Waals surface area (Å²) in [5.41, 5.74) is 5.02. The minimum atomic E-state index is -0.241. The maximum Gasteiger partial charge on any atom is 0.271 e. The van der Waals surface area contributed by atoms with Crippen LogP contribution in [0.5, 0.6) is 5.75 Å². The third-order valence-electron chi connectivity index (χ3n) is 4.19. The Hall–Kier alpha value is -2.82. The molecular weight excluding hydrogens is 338 g/mol. The van der Waals surface area contributed by atoms with Gasteiger partial charge >= 0.3 is 0 Å². The first-order valence-corrected chi connectivity index (χ1v) is 9.44. The van der Waals surface area contributed by atoms with Crippen LogP contribution in [-0.4, -0.2) is 32.8 Å². The van der Waals surface area contributed by atoms with Crippen LogP contribution >= 0.6 is 0 Å². The first-order valence-electron chi connectivity index (χ1n) is 9.44. The van der Waals surface area contributed by atoms with E-state index in [2.05, 4.69) is 17.5 Å². The number of nitrogens with zero attached hydrogens (tertiary/aromatic N) is 2. The Morgan fingerprint density at radius 2 is 1.81 bits per heavy atom. The number of amides is 1. The highest BCUT2D eigenvalue weighted by atomic mass is 16.5. The summed E-state index contributed by atoms with van der Waals surface area (Å²) in [6, 6.07) is 15.1. The number of anilines is 1. The minimum Gasteiger partial charge on any atom is -0.493 e. The standard InChI is InChI=1S/C22H29N3O2/c1-4-5-6-9-16-27-21-11-8-7-10-19(21)17-23-24-22(26)18-12-14-20(15-13-18)25(2)3/h7-8,10-15,17H,4-6,9,16H2,1-3H3,(H,24,26)/b23-17-. The molecule has 27 heavy (non-hydrogen) atoms. The summed E-state index contributed by atoms with van der Waals surface area (Å²) < 4.78 is 5.85. The summed E-state index contributed by atoms with van der Waals surface area (Å²) in [6.07, 6.45) is 6.27. The SMILES string of the molecule is CCCCCCOc1ccccc1/C=N\NC(=O)c1ccc(N(C)C)cc1. The van der Waals surface area contributed by atoms with Crippen molar-refractivity contribution in [1.82, 2.24) is 5.43 Å². The van der Waals surface area contributed by atoms with E-state index in [0.717, 1.165) is 23.4 Å². The summed E-state index contributed by atoms with van der Waals surface area (Å²) in [7, 11) is 3.92. The normalized spacial score (nSPS) is 10.8. The van der Waals surface area contributed by atoms with Crippen LogP contribution in [0.15, 0.2) is 53.6 Å². The number of benzene rings is 2. The number of carbonyl (C=O) groups is 1. The summed E-state index contributed by atoms with van der Waals surface area (Å²) in [5, 5.41) is 4.08. The molecule has 0 atom stereocenters. The van der Waals surface area contributed by atoms with Gasteiger partial charge < -0.3 is 9.64 Å². The monoisotopic (exact) mass is 367 g/mol. The van der Waals surface area contributed by atoms with Crippen molar-refractivity contribution < 1.29 is 9.53 Å². The molecule has 2 aromatic carbocycles. The molecular formula is C22H29N3O2. The third-order valence-corrected chi connectivity index (χ3v) is 4.19. The topological polar surface area (TPSA) is 53.9 Å². The number of hydrogen-bond donors (Lipinski definition) is 1. The Labute approximate surface area is 162 Å². The van der Waals surface area contributed by atoms with Gasteiger partial charge in [0.25, 0.3) is 5.91 Å². The van der Waals surface area contributed by atoms with Gasteiger partial charge in [0.2, 0.25) is 0 Å². The molecule has 0 heterocycles. The van der Waals surface area contributed by atoms with Gasteiger partial charge in [0.15, 0.2) is 0 Å². The summed E-state index contributed by atoms with van der Waals surface area (Å²) >= 11 is 0. The Balaban J connectivity index is 1.90. The quantitative estimate of drug-likeness (QED) is 0.383. The summed E-state index contributed by atoms with van der Waals surface area (Å²) in [5.74, 6) is 0.539. The highest BCUT2D eigenvalue weighted by Gasteiger charge is 2.05.